The van der Waals surface area contributed by atoms with Crippen molar-refractivity contribution in [3.8, 4) is 6.07 Å². The Morgan fingerprint density at radius 3 is 2.80 bits per heavy atom. The molecule has 1 N–H and O–H groups in total. The van der Waals surface area contributed by atoms with Crippen LogP contribution in [0.3, 0.4) is 0 Å². The smallest absolute Gasteiger partial charge is 0.270 e. The third-order valence-corrected chi connectivity index (χ3v) is 3.65. The summed E-state index contributed by atoms with van der Waals surface area (Å²) in [6, 6.07) is 11.4. The highest BCUT2D eigenvalue weighted by Crippen LogP contribution is 2.23. The lowest BCUT2D eigenvalue weighted by Gasteiger charge is -1.99. The van der Waals surface area contributed by atoms with E-state index >= 15 is 0 Å². The molecule has 25 heavy (non-hydrogen) atoms. The normalized spacial score (nSPS) is 11.3. The second-order valence-electron chi connectivity index (χ2n) is 5.24. The van der Waals surface area contributed by atoms with Gasteiger partial charge in [0.15, 0.2) is 0 Å². The van der Waals surface area contributed by atoms with Crippen molar-refractivity contribution >= 4 is 28.4 Å². The minimum atomic E-state index is -0.556. The maximum Gasteiger partial charge on any atom is 0.270 e. The highest BCUT2D eigenvalue weighted by atomic mass is 19.1. The van der Waals surface area contributed by atoms with E-state index in [1.165, 1.54) is 48.7 Å². The maximum atomic E-state index is 13.2. The van der Waals surface area contributed by atoms with Crippen LogP contribution < -0.4 is 0 Å². The van der Waals surface area contributed by atoms with Gasteiger partial charge in [0.2, 0.25) is 5.78 Å². The van der Waals surface area contributed by atoms with Crippen molar-refractivity contribution < 1.29 is 14.1 Å². The van der Waals surface area contributed by atoms with Gasteiger partial charge in [-0.25, -0.2) is 4.39 Å². The predicted octanol–water partition coefficient (Wildman–Crippen LogP) is 4.01. The van der Waals surface area contributed by atoms with Gasteiger partial charge >= 0.3 is 0 Å². The van der Waals surface area contributed by atoms with Crippen LogP contribution in [0.1, 0.15) is 15.9 Å². The quantitative estimate of drug-likeness (QED) is 0.256. The molecule has 0 fully saturated rings. The Kier molecular flexibility index (Phi) is 4.10. The zero-order valence-corrected chi connectivity index (χ0v) is 12.7. The predicted molar refractivity (Wildman–Crippen MR) is 89.3 cm³/mol. The third-order valence-electron chi connectivity index (χ3n) is 3.65. The fourth-order valence-electron chi connectivity index (χ4n) is 2.47. The van der Waals surface area contributed by atoms with Crippen LogP contribution in [-0.2, 0) is 0 Å². The van der Waals surface area contributed by atoms with E-state index in [0.29, 0.717) is 16.5 Å². The lowest BCUT2D eigenvalue weighted by atomic mass is 10.0. The molecule has 0 bridgehead atoms. The molecule has 0 radical (unpaired) electrons. The Bertz CT molecular complexity index is 1080. The number of fused-ring (bicyclic) bond motifs is 1. The van der Waals surface area contributed by atoms with Gasteiger partial charge in [-0.05, 0) is 29.8 Å². The van der Waals surface area contributed by atoms with Crippen molar-refractivity contribution in [2.24, 2.45) is 0 Å². The molecule has 1 heterocycles. The van der Waals surface area contributed by atoms with Crippen molar-refractivity contribution in [1.29, 1.82) is 5.26 Å². The first kappa shape index (κ1) is 16.1. The number of hydrogen-bond acceptors (Lipinski definition) is 4. The molecule has 2 aromatic carbocycles. The number of Topliss-reactive ketones (excluding diaryl/α,β-unsaturated/α-hetero) is 1. The average Bonchev–Trinajstić information content (AvgIpc) is 3.02. The molecule has 122 valence electrons. The fraction of sp³-hybridized carbons (Fsp3) is 0. The molecule has 6 nitrogen and oxygen atoms in total. The van der Waals surface area contributed by atoms with E-state index in [2.05, 4.69) is 4.98 Å². The lowest BCUT2D eigenvalue weighted by molar-refractivity contribution is -0.384. The van der Waals surface area contributed by atoms with Gasteiger partial charge in [-0.3, -0.25) is 14.9 Å². The number of nitro benzene ring substituents is 1. The van der Waals surface area contributed by atoms with Crippen LogP contribution in [0.5, 0.6) is 0 Å². The van der Waals surface area contributed by atoms with Gasteiger partial charge in [0.1, 0.15) is 17.5 Å². The molecule has 0 amide bonds. The SMILES string of the molecule is N#C/C(=C\c1cccc([N+](=O)[O-])c1)C(=O)c1c[nH]c2cc(F)ccc12. The van der Waals surface area contributed by atoms with Crippen LogP contribution in [-0.4, -0.2) is 15.7 Å². The Morgan fingerprint density at radius 1 is 1.28 bits per heavy atom. The zero-order chi connectivity index (χ0) is 18.0. The minimum Gasteiger partial charge on any atom is -0.360 e. The summed E-state index contributed by atoms with van der Waals surface area (Å²) in [6.07, 6.45) is 2.70. The number of H-pyrrole nitrogens is 1. The van der Waals surface area contributed by atoms with Crippen LogP contribution >= 0.6 is 0 Å². The number of rotatable bonds is 4. The van der Waals surface area contributed by atoms with E-state index in [0.717, 1.165) is 0 Å². The fourth-order valence-corrected chi connectivity index (χ4v) is 2.47. The number of allylic oxidation sites excluding steroid dienone is 1. The Hall–Kier alpha value is -3.79. The maximum absolute atomic E-state index is 13.2. The molecule has 3 aromatic rings. The summed E-state index contributed by atoms with van der Waals surface area (Å²) >= 11 is 0. The topological polar surface area (TPSA) is 99.8 Å². The van der Waals surface area contributed by atoms with Crippen molar-refractivity contribution in [1.82, 2.24) is 4.98 Å². The molecular formula is C18H10FN3O3. The van der Waals surface area contributed by atoms with Crippen molar-refractivity contribution in [2.75, 3.05) is 0 Å². The van der Waals surface area contributed by atoms with Crippen LogP contribution in [0.15, 0.2) is 54.2 Å². The molecular weight excluding hydrogens is 325 g/mol. The number of nitrogens with one attached hydrogen (secondary N) is 1. The molecule has 0 unspecified atom stereocenters. The number of halogens is 1. The largest absolute Gasteiger partial charge is 0.360 e. The number of nitriles is 1. The lowest BCUT2D eigenvalue weighted by Crippen LogP contribution is -2.01. The van der Waals surface area contributed by atoms with E-state index in [1.807, 2.05) is 6.07 Å². The highest BCUT2D eigenvalue weighted by molar-refractivity contribution is 6.19. The monoisotopic (exact) mass is 335 g/mol. The first-order valence-electron chi connectivity index (χ1n) is 7.17. The van der Waals surface area contributed by atoms with E-state index in [9.17, 15) is 24.6 Å². The first-order chi connectivity index (χ1) is 12.0. The molecule has 0 aliphatic carbocycles. The summed E-state index contributed by atoms with van der Waals surface area (Å²) in [6.45, 7) is 0. The summed E-state index contributed by atoms with van der Waals surface area (Å²) in [5.41, 5.74) is 0.723. The summed E-state index contributed by atoms with van der Waals surface area (Å²) in [5, 5.41) is 20.6. The van der Waals surface area contributed by atoms with Crippen LogP contribution in [0.4, 0.5) is 10.1 Å². The Labute approximate surface area is 141 Å². The summed E-state index contributed by atoms with van der Waals surface area (Å²) in [5.74, 6) is -0.993. The molecule has 0 saturated heterocycles. The van der Waals surface area contributed by atoms with E-state index in [4.69, 9.17) is 0 Å². The van der Waals surface area contributed by atoms with E-state index in [-0.39, 0.29) is 16.8 Å². The molecule has 3 rings (SSSR count). The van der Waals surface area contributed by atoms with Gasteiger partial charge in [-0.2, -0.15) is 5.26 Å². The molecule has 0 saturated carbocycles. The second kappa shape index (κ2) is 6.37. The number of ketones is 1. The van der Waals surface area contributed by atoms with Crippen LogP contribution in [0.2, 0.25) is 0 Å². The molecule has 0 aliphatic rings. The van der Waals surface area contributed by atoms with Crippen molar-refractivity contribution in [3.63, 3.8) is 0 Å². The van der Waals surface area contributed by atoms with E-state index < -0.39 is 16.5 Å². The van der Waals surface area contributed by atoms with Gasteiger partial charge in [-0.1, -0.05) is 12.1 Å². The summed E-state index contributed by atoms with van der Waals surface area (Å²) in [4.78, 5) is 25.7. The number of carbonyl (C=O) groups is 1. The van der Waals surface area contributed by atoms with Gasteiger partial charge in [-0.15, -0.1) is 0 Å². The third kappa shape index (κ3) is 3.14. The zero-order valence-electron chi connectivity index (χ0n) is 12.7. The van der Waals surface area contributed by atoms with Crippen molar-refractivity contribution in [3.05, 3.63) is 81.3 Å². The molecule has 7 heteroatoms. The van der Waals surface area contributed by atoms with Crippen LogP contribution in [0, 0.1) is 27.3 Å². The van der Waals surface area contributed by atoms with Gasteiger partial charge in [0, 0.05) is 34.8 Å². The summed E-state index contributed by atoms with van der Waals surface area (Å²) in [7, 11) is 0. The number of benzene rings is 2. The first-order valence-corrected chi connectivity index (χ1v) is 7.17. The number of nitro groups is 1. The van der Waals surface area contributed by atoms with Gasteiger partial charge in [0.05, 0.1) is 4.92 Å². The number of hydrogen-bond donors (Lipinski definition) is 1. The standard InChI is InChI=1S/C18H10FN3O3/c19-13-4-5-15-16(10-21-17(15)8-13)18(23)12(9-20)6-11-2-1-3-14(7-11)22(24)25/h1-8,10,21H/b12-6+. The molecule has 0 atom stereocenters. The number of aromatic nitrogens is 1. The van der Waals surface area contributed by atoms with E-state index in [1.54, 1.807) is 6.07 Å². The van der Waals surface area contributed by atoms with Crippen LogP contribution in [0.25, 0.3) is 17.0 Å². The average molecular weight is 335 g/mol. The number of non-ortho nitro benzene ring substituents is 1. The molecule has 1 aromatic heterocycles. The molecule has 0 spiro atoms. The number of nitrogens with zero attached hydrogens (tertiary/aromatic N) is 2. The van der Waals surface area contributed by atoms with Gasteiger partial charge in [0.25, 0.3) is 5.69 Å². The Morgan fingerprint density at radius 2 is 2.08 bits per heavy atom. The number of aromatic amines is 1. The molecule has 0 aliphatic heterocycles. The number of carbonyl (C=O) groups excluding carboxylic acids is 1. The second-order valence-corrected chi connectivity index (χ2v) is 5.24. The summed E-state index contributed by atoms with van der Waals surface area (Å²) < 4.78 is 13.2. The Balaban J connectivity index is 2.03. The highest BCUT2D eigenvalue weighted by Gasteiger charge is 2.17. The van der Waals surface area contributed by atoms with Gasteiger partial charge < -0.3 is 4.98 Å². The van der Waals surface area contributed by atoms with Crippen molar-refractivity contribution in [2.45, 2.75) is 0 Å². The minimum absolute atomic E-state index is 0.138.